The molecule has 20 heavy (non-hydrogen) atoms. The van der Waals surface area contributed by atoms with Crippen molar-refractivity contribution in [3.05, 3.63) is 56.6 Å². The second-order valence-corrected chi connectivity index (χ2v) is 6.06. The van der Waals surface area contributed by atoms with Crippen molar-refractivity contribution in [2.45, 2.75) is 0 Å². The Kier molecular flexibility index (Phi) is 4.88. The Morgan fingerprint density at radius 1 is 1.20 bits per heavy atom. The zero-order chi connectivity index (χ0) is 14.7. The van der Waals surface area contributed by atoms with Crippen molar-refractivity contribution < 1.29 is 4.79 Å². The normalized spacial score (nSPS) is 10.2. The molecule has 104 valence electrons. The number of rotatable bonds is 3. The van der Waals surface area contributed by atoms with Gasteiger partial charge in [-0.2, -0.15) is 0 Å². The van der Waals surface area contributed by atoms with Crippen LogP contribution in [0, 0.1) is 3.57 Å². The van der Waals surface area contributed by atoms with E-state index >= 15 is 0 Å². The number of hydrogen-bond acceptors (Lipinski definition) is 2. The average Bonchev–Trinajstić information content (AvgIpc) is 2.38. The third-order valence-electron chi connectivity index (χ3n) is 2.81. The molecule has 0 saturated heterocycles. The van der Waals surface area contributed by atoms with E-state index in [4.69, 9.17) is 11.6 Å². The third-order valence-corrected chi connectivity index (χ3v) is 4.05. The van der Waals surface area contributed by atoms with Gasteiger partial charge in [-0.15, -0.1) is 0 Å². The number of carbonyl (C=O) groups is 1. The summed E-state index contributed by atoms with van der Waals surface area (Å²) >= 11 is 8.34. The summed E-state index contributed by atoms with van der Waals surface area (Å²) in [5.74, 6) is -0.135. The van der Waals surface area contributed by atoms with E-state index in [1.807, 2.05) is 49.3 Å². The van der Waals surface area contributed by atoms with Crippen molar-refractivity contribution in [1.29, 1.82) is 0 Å². The van der Waals surface area contributed by atoms with Crippen LogP contribution in [-0.4, -0.2) is 20.0 Å². The molecule has 0 radical (unpaired) electrons. The van der Waals surface area contributed by atoms with E-state index < -0.39 is 0 Å². The number of amides is 1. The number of nitrogens with one attached hydrogen (secondary N) is 1. The molecule has 2 aromatic rings. The summed E-state index contributed by atoms with van der Waals surface area (Å²) in [6.45, 7) is 0. The zero-order valence-electron chi connectivity index (χ0n) is 11.2. The van der Waals surface area contributed by atoms with Crippen LogP contribution in [0.25, 0.3) is 0 Å². The predicted molar refractivity (Wildman–Crippen MR) is 92.9 cm³/mol. The summed E-state index contributed by atoms with van der Waals surface area (Å²) in [5, 5.41) is 3.47. The number of nitrogens with zero attached hydrogens (tertiary/aromatic N) is 1. The van der Waals surface area contributed by atoms with Gasteiger partial charge in [-0.05, 0) is 52.9 Å². The first-order chi connectivity index (χ1) is 9.49. The predicted octanol–water partition coefficient (Wildman–Crippen LogP) is 4.26. The molecule has 0 fully saturated rings. The molecule has 0 aliphatic rings. The maximum Gasteiger partial charge on any atom is 0.256 e. The van der Waals surface area contributed by atoms with Gasteiger partial charge in [-0.3, -0.25) is 4.79 Å². The number of anilines is 2. The lowest BCUT2D eigenvalue weighted by atomic mass is 10.2. The fourth-order valence-corrected chi connectivity index (χ4v) is 2.77. The average molecular weight is 401 g/mol. The summed E-state index contributed by atoms with van der Waals surface area (Å²) in [4.78, 5) is 14.1. The first-order valence-corrected chi connectivity index (χ1v) is 7.47. The van der Waals surface area contributed by atoms with Crippen LogP contribution in [-0.2, 0) is 0 Å². The molecule has 0 bridgehead atoms. The lowest BCUT2D eigenvalue weighted by Gasteiger charge is -2.15. The van der Waals surface area contributed by atoms with Crippen LogP contribution in [0.2, 0.25) is 5.02 Å². The van der Waals surface area contributed by atoms with Crippen LogP contribution < -0.4 is 10.2 Å². The minimum absolute atomic E-state index is 0.135. The molecule has 0 aliphatic carbocycles. The van der Waals surface area contributed by atoms with Gasteiger partial charge in [0.1, 0.15) is 0 Å². The van der Waals surface area contributed by atoms with E-state index in [0.717, 1.165) is 9.26 Å². The molecule has 0 heterocycles. The lowest BCUT2D eigenvalue weighted by molar-refractivity contribution is 0.102. The van der Waals surface area contributed by atoms with Crippen molar-refractivity contribution >= 4 is 51.5 Å². The summed E-state index contributed by atoms with van der Waals surface area (Å²) in [5.41, 5.74) is 2.25. The van der Waals surface area contributed by atoms with Gasteiger partial charge < -0.3 is 10.2 Å². The highest BCUT2D eigenvalue weighted by molar-refractivity contribution is 14.1. The molecule has 0 saturated carbocycles. The summed E-state index contributed by atoms with van der Waals surface area (Å²) < 4.78 is 0.915. The van der Waals surface area contributed by atoms with Crippen LogP contribution in [0.5, 0.6) is 0 Å². The Balaban J connectivity index is 2.21. The SMILES string of the molecule is CN(C)c1ccc(NC(=O)c2ccccc2I)cc1Cl. The minimum atomic E-state index is -0.135. The van der Waals surface area contributed by atoms with E-state index in [0.29, 0.717) is 16.3 Å². The second-order valence-electron chi connectivity index (χ2n) is 4.49. The highest BCUT2D eigenvalue weighted by Gasteiger charge is 2.10. The van der Waals surface area contributed by atoms with E-state index in [1.54, 1.807) is 12.1 Å². The van der Waals surface area contributed by atoms with Crippen molar-refractivity contribution in [3.63, 3.8) is 0 Å². The Morgan fingerprint density at radius 2 is 1.90 bits per heavy atom. The number of carbonyl (C=O) groups excluding carboxylic acids is 1. The number of hydrogen-bond donors (Lipinski definition) is 1. The van der Waals surface area contributed by atoms with Gasteiger partial charge >= 0.3 is 0 Å². The van der Waals surface area contributed by atoms with Gasteiger partial charge in [0.25, 0.3) is 5.91 Å². The lowest BCUT2D eigenvalue weighted by Crippen LogP contribution is -2.14. The molecule has 2 aromatic carbocycles. The van der Waals surface area contributed by atoms with Crippen molar-refractivity contribution in [2.75, 3.05) is 24.3 Å². The zero-order valence-corrected chi connectivity index (χ0v) is 14.1. The van der Waals surface area contributed by atoms with Gasteiger partial charge in [0, 0.05) is 23.4 Å². The molecule has 1 amide bonds. The number of benzene rings is 2. The molecule has 5 heteroatoms. The number of halogens is 2. The van der Waals surface area contributed by atoms with Gasteiger partial charge in [-0.25, -0.2) is 0 Å². The van der Waals surface area contributed by atoms with Gasteiger partial charge in [0.05, 0.1) is 16.3 Å². The van der Waals surface area contributed by atoms with Crippen LogP contribution in [0.3, 0.4) is 0 Å². The standard InChI is InChI=1S/C15H14ClIN2O/c1-19(2)14-8-7-10(9-12(14)16)18-15(20)11-5-3-4-6-13(11)17/h3-9H,1-2H3,(H,18,20). The van der Waals surface area contributed by atoms with Crippen molar-refractivity contribution in [1.82, 2.24) is 0 Å². The van der Waals surface area contributed by atoms with E-state index in [2.05, 4.69) is 27.9 Å². The molecule has 0 aliphatic heterocycles. The molecule has 1 N–H and O–H groups in total. The molecule has 0 spiro atoms. The molecule has 0 aromatic heterocycles. The Hall–Kier alpha value is -1.27. The van der Waals surface area contributed by atoms with Crippen molar-refractivity contribution in [2.24, 2.45) is 0 Å². The van der Waals surface area contributed by atoms with E-state index in [1.165, 1.54) is 0 Å². The fourth-order valence-electron chi connectivity index (χ4n) is 1.79. The first kappa shape index (κ1) is 15.1. The summed E-state index contributed by atoms with van der Waals surface area (Å²) in [7, 11) is 3.84. The second kappa shape index (κ2) is 6.45. The largest absolute Gasteiger partial charge is 0.376 e. The topological polar surface area (TPSA) is 32.3 Å². The molecule has 3 nitrogen and oxygen atoms in total. The van der Waals surface area contributed by atoms with Crippen molar-refractivity contribution in [3.8, 4) is 0 Å². The fraction of sp³-hybridized carbons (Fsp3) is 0.133. The molecular weight excluding hydrogens is 387 g/mol. The van der Waals surface area contributed by atoms with Crippen LogP contribution in [0.1, 0.15) is 10.4 Å². The molecule has 0 atom stereocenters. The Morgan fingerprint density at radius 3 is 2.50 bits per heavy atom. The Bertz CT molecular complexity index is 644. The van der Waals surface area contributed by atoms with Crippen LogP contribution in [0.4, 0.5) is 11.4 Å². The molecular formula is C15H14ClIN2O. The smallest absolute Gasteiger partial charge is 0.256 e. The van der Waals surface area contributed by atoms with E-state index in [-0.39, 0.29) is 5.91 Å². The van der Waals surface area contributed by atoms with Gasteiger partial charge in [-0.1, -0.05) is 23.7 Å². The molecule has 2 rings (SSSR count). The van der Waals surface area contributed by atoms with Gasteiger partial charge in [0.2, 0.25) is 0 Å². The quantitative estimate of drug-likeness (QED) is 0.781. The minimum Gasteiger partial charge on any atom is -0.376 e. The van der Waals surface area contributed by atoms with Gasteiger partial charge in [0.15, 0.2) is 0 Å². The van der Waals surface area contributed by atoms with E-state index in [9.17, 15) is 4.79 Å². The highest BCUT2D eigenvalue weighted by Crippen LogP contribution is 2.27. The highest BCUT2D eigenvalue weighted by atomic mass is 127. The molecule has 0 unspecified atom stereocenters. The summed E-state index contributed by atoms with van der Waals surface area (Å²) in [6, 6.07) is 12.9. The first-order valence-electron chi connectivity index (χ1n) is 6.02. The Labute approximate surface area is 137 Å². The maximum atomic E-state index is 12.2. The maximum absolute atomic E-state index is 12.2. The monoisotopic (exact) mass is 400 g/mol. The summed E-state index contributed by atoms with van der Waals surface area (Å²) in [6.07, 6.45) is 0. The third kappa shape index (κ3) is 3.43. The van der Waals surface area contributed by atoms with Crippen LogP contribution >= 0.6 is 34.2 Å². The van der Waals surface area contributed by atoms with Crippen LogP contribution in [0.15, 0.2) is 42.5 Å².